The van der Waals surface area contributed by atoms with Gasteiger partial charge in [-0.1, -0.05) is 49.6 Å². The van der Waals surface area contributed by atoms with E-state index in [9.17, 15) is 0 Å². The van der Waals surface area contributed by atoms with E-state index in [0.29, 0.717) is 11.6 Å². The van der Waals surface area contributed by atoms with E-state index in [1.54, 1.807) is 6.20 Å². The highest BCUT2D eigenvalue weighted by Gasteiger charge is 2.15. The number of rotatable bonds is 6. The Morgan fingerprint density at radius 1 is 0.931 bits per heavy atom. The van der Waals surface area contributed by atoms with Gasteiger partial charge < -0.3 is 10.6 Å². The van der Waals surface area contributed by atoms with Crippen LogP contribution >= 0.6 is 0 Å². The maximum atomic E-state index is 8.87. The summed E-state index contributed by atoms with van der Waals surface area (Å²) in [5.41, 5.74) is 3.56. The van der Waals surface area contributed by atoms with Crippen molar-refractivity contribution in [2.24, 2.45) is 5.92 Å². The van der Waals surface area contributed by atoms with Crippen LogP contribution < -0.4 is 10.6 Å². The van der Waals surface area contributed by atoms with Gasteiger partial charge >= 0.3 is 0 Å². The summed E-state index contributed by atoms with van der Waals surface area (Å²) in [7, 11) is 0. The molecule has 0 spiro atoms. The predicted molar refractivity (Wildman–Crippen MR) is 115 cm³/mol. The summed E-state index contributed by atoms with van der Waals surface area (Å²) in [5, 5.41) is 15.7. The second-order valence-electron chi connectivity index (χ2n) is 7.39. The van der Waals surface area contributed by atoms with E-state index in [1.165, 1.54) is 38.3 Å². The first-order valence-electron chi connectivity index (χ1n) is 10.1. The molecular weight excluding hydrogens is 360 g/mol. The molecule has 0 bridgehead atoms. The number of hydrogen-bond donors (Lipinski definition) is 2. The summed E-state index contributed by atoms with van der Waals surface area (Å²) in [6.45, 7) is 0.972. The van der Waals surface area contributed by atoms with E-state index in [2.05, 4.69) is 37.7 Å². The first kappa shape index (κ1) is 18.9. The number of hydrogen-bond acceptors (Lipinski definition) is 6. The fourth-order valence-corrected chi connectivity index (χ4v) is 3.74. The van der Waals surface area contributed by atoms with Gasteiger partial charge in [-0.15, -0.1) is 0 Å². The molecule has 3 aromatic rings. The predicted octanol–water partition coefficient (Wildman–Crippen LogP) is 5.15. The number of benzene rings is 1. The van der Waals surface area contributed by atoms with Gasteiger partial charge in [-0.2, -0.15) is 5.26 Å². The molecule has 4 rings (SSSR count). The van der Waals surface area contributed by atoms with Crippen LogP contribution in [-0.4, -0.2) is 21.5 Å². The molecule has 1 aromatic carbocycles. The third kappa shape index (κ3) is 4.88. The van der Waals surface area contributed by atoms with E-state index >= 15 is 0 Å². The molecule has 0 aliphatic heterocycles. The molecule has 0 unspecified atom stereocenters. The number of nitriles is 1. The van der Waals surface area contributed by atoms with Crippen molar-refractivity contribution < 1.29 is 0 Å². The maximum Gasteiger partial charge on any atom is 0.158 e. The van der Waals surface area contributed by atoms with Gasteiger partial charge in [0.05, 0.1) is 12.4 Å². The summed E-state index contributed by atoms with van der Waals surface area (Å²) in [6, 6.07) is 14.3. The Balaban J connectivity index is 1.57. The molecule has 2 aromatic heterocycles. The lowest BCUT2D eigenvalue weighted by Crippen LogP contribution is -2.17. The van der Waals surface area contributed by atoms with Crippen LogP contribution in [0.2, 0.25) is 0 Å². The van der Waals surface area contributed by atoms with Gasteiger partial charge in [0.1, 0.15) is 17.7 Å². The van der Waals surface area contributed by atoms with Gasteiger partial charge in [0, 0.05) is 30.1 Å². The summed E-state index contributed by atoms with van der Waals surface area (Å²) in [6.07, 6.45) is 11.5. The summed E-state index contributed by atoms with van der Waals surface area (Å²) in [5.74, 6) is 1.97. The van der Waals surface area contributed by atoms with Gasteiger partial charge in [-0.25, -0.2) is 15.0 Å². The minimum absolute atomic E-state index is 0.290. The van der Waals surface area contributed by atoms with E-state index in [4.69, 9.17) is 5.26 Å². The van der Waals surface area contributed by atoms with Crippen molar-refractivity contribution in [2.45, 2.75) is 32.1 Å². The largest absolute Gasteiger partial charge is 0.384 e. The van der Waals surface area contributed by atoms with Gasteiger partial charge in [0.15, 0.2) is 5.69 Å². The van der Waals surface area contributed by atoms with Crippen molar-refractivity contribution in [1.29, 1.82) is 5.26 Å². The summed E-state index contributed by atoms with van der Waals surface area (Å²) in [4.78, 5) is 12.8. The van der Waals surface area contributed by atoms with Gasteiger partial charge in [0.2, 0.25) is 0 Å². The molecule has 2 heterocycles. The lowest BCUT2D eigenvalue weighted by atomic mass is 9.89. The molecule has 2 N–H and O–H groups in total. The minimum Gasteiger partial charge on any atom is -0.384 e. The second-order valence-corrected chi connectivity index (χ2v) is 7.39. The van der Waals surface area contributed by atoms with Crippen LogP contribution in [0.25, 0.3) is 11.1 Å². The van der Waals surface area contributed by atoms with E-state index in [-0.39, 0.29) is 5.69 Å². The zero-order valence-electron chi connectivity index (χ0n) is 16.3. The molecular formula is C23H24N6. The lowest BCUT2D eigenvalue weighted by Gasteiger charge is -2.23. The van der Waals surface area contributed by atoms with Crippen molar-refractivity contribution in [3.8, 4) is 17.2 Å². The zero-order chi connectivity index (χ0) is 19.9. The Kier molecular flexibility index (Phi) is 5.96. The van der Waals surface area contributed by atoms with Crippen LogP contribution in [0.5, 0.6) is 0 Å². The minimum atomic E-state index is 0.290. The quantitative estimate of drug-likeness (QED) is 0.611. The molecule has 146 valence electrons. The summed E-state index contributed by atoms with van der Waals surface area (Å²) < 4.78 is 0. The number of nitrogens with zero attached hydrogens (tertiary/aromatic N) is 4. The van der Waals surface area contributed by atoms with Crippen molar-refractivity contribution in [3.05, 3.63) is 60.7 Å². The first-order valence-corrected chi connectivity index (χ1v) is 10.1. The van der Waals surface area contributed by atoms with Crippen molar-refractivity contribution in [1.82, 2.24) is 15.0 Å². The lowest BCUT2D eigenvalue weighted by molar-refractivity contribution is 0.373. The Hall–Kier alpha value is -3.46. The third-order valence-corrected chi connectivity index (χ3v) is 5.32. The topological polar surface area (TPSA) is 86.5 Å². The van der Waals surface area contributed by atoms with E-state index in [0.717, 1.165) is 29.3 Å². The van der Waals surface area contributed by atoms with Gasteiger partial charge in [-0.3, -0.25) is 0 Å². The molecule has 1 saturated carbocycles. The molecule has 29 heavy (non-hydrogen) atoms. The molecule has 0 amide bonds. The Morgan fingerprint density at radius 3 is 2.45 bits per heavy atom. The van der Waals surface area contributed by atoms with Crippen LogP contribution in [-0.2, 0) is 0 Å². The van der Waals surface area contributed by atoms with Crippen LogP contribution in [0.4, 0.5) is 17.3 Å². The monoisotopic (exact) mass is 384 g/mol. The average molecular weight is 384 g/mol. The van der Waals surface area contributed by atoms with E-state index < -0.39 is 0 Å². The van der Waals surface area contributed by atoms with Gasteiger partial charge in [0.25, 0.3) is 0 Å². The van der Waals surface area contributed by atoms with Crippen LogP contribution in [0.15, 0.2) is 55.0 Å². The molecule has 1 fully saturated rings. The molecule has 1 aliphatic rings. The van der Waals surface area contributed by atoms with Crippen molar-refractivity contribution in [3.63, 3.8) is 0 Å². The normalized spacial score (nSPS) is 14.2. The fraction of sp³-hybridized carbons (Fsp3) is 0.304. The smallest absolute Gasteiger partial charge is 0.158 e. The maximum absolute atomic E-state index is 8.87. The number of aromatic nitrogens is 3. The number of nitrogens with one attached hydrogen (secondary N) is 2. The van der Waals surface area contributed by atoms with E-state index in [1.807, 2.05) is 36.5 Å². The fourth-order valence-electron chi connectivity index (χ4n) is 3.74. The molecule has 0 radical (unpaired) electrons. The molecule has 0 saturated heterocycles. The Morgan fingerprint density at radius 2 is 1.72 bits per heavy atom. The van der Waals surface area contributed by atoms with Crippen molar-refractivity contribution in [2.75, 3.05) is 17.2 Å². The van der Waals surface area contributed by atoms with Crippen LogP contribution in [0.3, 0.4) is 0 Å². The first-order chi connectivity index (χ1) is 14.3. The van der Waals surface area contributed by atoms with Crippen LogP contribution in [0.1, 0.15) is 37.8 Å². The summed E-state index contributed by atoms with van der Waals surface area (Å²) >= 11 is 0. The molecule has 6 heteroatoms. The van der Waals surface area contributed by atoms with Crippen LogP contribution in [0, 0.1) is 17.2 Å². The third-order valence-electron chi connectivity index (χ3n) is 5.32. The highest BCUT2D eigenvalue weighted by Crippen LogP contribution is 2.31. The number of anilines is 3. The van der Waals surface area contributed by atoms with Gasteiger partial charge in [-0.05, 0) is 24.3 Å². The zero-order valence-corrected chi connectivity index (χ0v) is 16.3. The Labute approximate surface area is 171 Å². The standard InChI is InChI=1S/C23H24N6/c24-12-19-14-27-23(16-25-19)29-22-11-21(26-13-17-7-3-1-4-8-17)20(15-28-22)18-9-5-2-6-10-18/h2,5-6,9-11,14-17H,1,3-4,7-8,13H2,(H2,26,27,28,29). The highest BCUT2D eigenvalue weighted by atomic mass is 15.1. The highest BCUT2D eigenvalue weighted by molar-refractivity contribution is 5.79. The Bertz CT molecular complexity index is 972. The molecule has 0 atom stereocenters. The molecule has 6 nitrogen and oxygen atoms in total. The number of pyridine rings is 1. The van der Waals surface area contributed by atoms with Crippen molar-refractivity contribution >= 4 is 17.3 Å². The SMILES string of the molecule is N#Cc1cnc(Nc2cc(NCC3CCCCC3)c(-c3ccccc3)cn2)cn1. The molecule has 1 aliphatic carbocycles. The second kappa shape index (κ2) is 9.16. The average Bonchev–Trinajstić information content (AvgIpc) is 2.79.